The van der Waals surface area contributed by atoms with E-state index in [1.807, 2.05) is 30.3 Å². The van der Waals surface area contributed by atoms with Gasteiger partial charge >= 0.3 is 5.97 Å². The van der Waals surface area contributed by atoms with Crippen LogP contribution in [0.5, 0.6) is 0 Å². The lowest BCUT2D eigenvalue weighted by Gasteiger charge is -2.28. The zero-order chi connectivity index (χ0) is 20.1. The number of ether oxygens (including phenoxy) is 1. The third-order valence-electron chi connectivity index (χ3n) is 4.29. The minimum atomic E-state index is -3.62. The molecule has 1 amide bonds. The SMILES string of the molecule is C[C@H](OC(=O)C1=CC=CN2CCS(=O)(=O)N=C12)C(=O)NCCc1ccccc1. The Bertz CT molecular complexity index is 951. The number of amidine groups is 1. The fraction of sp³-hybridized carbons (Fsp3) is 0.316. The van der Waals surface area contributed by atoms with E-state index in [9.17, 15) is 18.0 Å². The summed E-state index contributed by atoms with van der Waals surface area (Å²) in [5, 5.41) is 2.72. The van der Waals surface area contributed by atoms with Gasteiger partial charge in [0.05, 0.1) is 5.75 Å². The van der Waals surface area contributed by atoms with Gasteiger partial charge in [0.25, 0.3) is 15.9 Å². The van der Waals surface area contributed by atoms with Crippen LogP contribution >= 0.6 is 0 Å². The molecule has 2 aliphatic rings. The average molecular weight is 403 g/mol. The maximum atomic E-state index is 12.5. The van der Waals surface area contributed by atoms with E-state index in [1.54, 1.807) is 17.2 Å². The average Bonchev–Trinajstić information content (AvgIpc) is 2.67. The van der Waals surface area contributed by atoms with Gasteiger partial charge in [0.1, 0.15) is 5.57 Å². The summed E-state index contributed by atoms with van der Waals surface area (Å²) in [5.41, 5.74) is 1.10. The quantitative estimate of drug-likeness (QED) is 0.704. The smallest absolute Gasteiger partial charge is 0.342 e. The Morgan fingerprint density at radius 2 is 2.04 bits per heavy atom. The topological polar surface area (TPSA) is 105 Å². The maximum absolute atomic E-state index is 12.5. The Labute approximate surface area is 163 Å². The number of amides is 1. The lowest BCUT2D eigenvalue weighted by atomic mass is 10.1. The van der Waals surface area contributed by atoms with Crippen LogP contribution in [-0.4, -0.2) is 56.0 Å². The molecule has 0 saturated heterocycles. The van der Waals surface area contributed by atoms with Gasteiger partial charge in [-0.15, -0.1) is 4.40 Å². The zero-order valence-corrected chi connectivity index (χ0v) is 16.2. The molecule has 0 radical (unpaired) electrons. The summed E-state index contributed by atoms with van der Waals surface area (Å²) < 4.78 is 32.4. The van der Waals surface area contributed by atoms with E-state index in [-0.39, 0.29) is 23.7 Å². The standard InChI is InChI=1S/C19H21N3O5S/c1-14(18(23)20-10-9-15-6-3-2-4-7-15)27-19(24)16-8-5-11-22-12-13-28(25,26)21-17(16)22/h2-8,11,14H,9-10,12-13H2,1H3,(H,20,23)/t14-/m0/s1. The van der Waals surface area contributed by atoms with Crippen molar-refractivity contribution < 1.29 is 22.7 Å². The Balaban J connectivity index is 1.57. The van der Waals surface area contributed by atoms with Gasteiger partial charge in [-0.2, -0.15) is 0 Å². The van der Waals surface area contributed by atoms with Gasteiger partial charge in [-0.05, 0) is 31.1 Å². The number of hydrogen-bond acceptors (Lipinski definition) is 6. The number of carbonyl (C=O) groups is 2. The molecule has 0 unspecified atom stereocenters. The molecular formula is C19H21N3O5S. The highest BCUT2D eigenvalue weighted by molar-refractivity contribution is 7.90. The van der Waals surface area contributed by atoms with Crippen molar-refractivity contribution in [2.24, 2.45) is 4.40 Å². The van der Waals surface area contributed by atoms with Gasteiger partial charge < -0.3 is 15.0 Å². The number of allylic oxidation sites excluding steroid dienone is 2. The molecule has 0 aliphatic carbocycles. The molecule has 0 spiro atoms. The lowest BCUT2D eigenvalue weighted by molar-refractivity contribution is -0.150. The summed E-state index contributed by atoms with van der Waals surface area (Å²) in [6.45, 7) is 2.08. The van der Waals surface area contributed by atoms with Gasteiger partial charge in [0.2, 0.25) is 0 Å². The number of sulfonamides is 1. The molecule has 0 fully saturated rings. The first-order valence-corrected chi connectivity index (χ1v) is 10.5. The van der Waals surface area contributed by atoms with Crippen molar-refractivity contribution in [2.75, 3.05) is 18.8 Å². The molecule has 0 aromatic heterocycles. The zero-order valence-electron chi connectivity index (χ0n) is 15.4. The fourth-order valence-electron chi connectivity index (χ4n) is 2.77. The first-order chi connectivity index (χ1) is 13.4. The van der Waals surface area contributed by atoms with Crippen molar-refractivity contribution in [1.82, 2.24) is 10.2 Å². The van der Waals surface area contributed by atoms with Crippen LogP contribution in [0.4, 0.5) is 0 Å². The highest BCUT2D eigenvalue weighted by atomic mass is 32.2. The second-order valence-corrected chi connectivity index (χ2v) is 8.15. The van der Waals surface area contributed by atoms with E-state index in [4.69, 9.17) is 4.74 Å². The van der Waals surface area contributed by atoms with E-state index in [0.29, 0.717) is 13.0 Å². The van der Waals surface area contributed by atoms with Crippen LogP contribution in [0.25, 0.3) is 0 Å². The summed E-state index contributed by atoms with van der Waals surface area (Å²) in [5.74, 6) is -1.32. The predicted molar refractivity (Wildman–Crippen MR) is 104 cm³/mol. The minimum absolute atomic E-state index is 0.00899. The van der Waals surface area contributed by atoms with Crippen molar-refractivity contribution in [2.45, 2.75) is 19.4 Å². The van der Waals surface area contributed by atoms with Crippen LogP contribution in [0.3, 0.4) is 0 Å². The molecule has 28 heavy (non-hydrogen) atoms. The van der Waals surface area contributed by atoms with E-state index in [0.717, 1.165) is 5.56 Å². The number of carbonyl (C=O) groups excluding carboxylic acids is 2. The second-order valence-electron chi connectivity index (χ2n) is 6.39. The summed E-state index contributed by atoms with van der Waals surface area (Å²) >= 11 is 0. The molecule has 3 rings (SSSR count). The number of nitrogens with one attached hydrogen (secondary N) is 1. The van der Waals surface area contributed by atoms with Crippen LogP contribution in [0.15, 0.2) is 58.7 Å². The number of nitrogens with zero attached hydrogens (tertiary/aromatic N) is 2. The molecular weight excluding hydrogens is 382 g/mol. The number of esters is 1. The molecule has 0 saturated carbocycles. The van der Waals surface area contributed by atoms with Crippen molar-refractivity contribution in [3.63, 3.8) is 0 Å². The Kier molecular flexibility index (Phi) is 5.93. The molecule has 2 heterocycles. The molecule has 1 atom stereocenters. The number of rotatable bonds is 6. The van der Waals surface area contributed by atoms with E-state index >= 15 is 0 Å². The normalized spacial score (nSPS) is 18.4. The molecule has 2 aliphatic heterocycles. The van der Waals surface area contributed by atoms with Gasteiger partial charge in [-0.3, -0.25) is 4.79 Å². The second kappa shape index (κ2) is 8.39. The fourth-order valence-corrected chi connectivity index (χ4v) is 3.76. The van der Waals surface area contributed by atoms with Crippen LogP contribution in [-0.2, 0) is 30.8 Å². The van der Waals surface area contributed by atoms with Crippen LogP contribution in [0.1, 0.15) is 12.5 Å². The van der Waals surface area contributed by atoms with Crippen molar-refractivity contribution >= 4 is 27.7 Å². The van der Waals surface area contributed by atoms with Gasteiger partial charge in [0.15, 0.2) is 11.9 Å². The van der Waals surface area contributed by atoms with Crippen LogP contribution < -0.4 is 5.32 Å². The Morgan fingerprint density at radius 3 is 2.79 bits per heavy atom. The third kappa shape index (κ3) is 4.86. The van der Waals surface area contributed by atoms with E-state index < -0.39 is 28.0 Å². The molecule has 1 N–H and O–H groups in total. The van der Waals surface area contributed by atoms with E-state index in [1.165, 1.54) is 13.0 Å². The molecule has 0 bridgehead atoms. The lowest BCUT2D eigenvalue weighted by Crippen LogP contribution is -2.42. The largest absolute Gasteiger partial charge is 0.449 e. The summed E-state index contributed by atoms with van der Waals surface area (Å²) in [4.78, 5) is 26.2. The number of hydrogen-bond donors (Lipinski definition) is 1. The highest BCUT2D eigenvalue weighted by Crippen LogP contribution is 2.19. The summed E-state index contributed by atoms with van der Waals surface area (Å²) in [6, 6.07) is 9.69. The first-order valence-electron chi connectivity index (χ1n) is 8.86. The van der Waals surface area contributed by atoms with Gasteiger partial charge in [0, 0.05) is 19.3 Å². The Hall–Kier alpha value is -2.94. The summed E-state index contributed by atoms with van der Waals surface area (Å²) in [7, 11) is -3.62. The summed E-state index contributed by atoms with van der Waals surface area (Å²) in [6.07, 6.45) is 4.32. The molecule has 8 nitrogen and oxygen atoms in total. The highest BCUT2D eigenvalue weighted by Gasteiger charge is 2.32. The molecule has 1 aromatic carbocycles. The maximum Gasteiger partial charge on any atom is 0.342 e. The third-order valence-corrected chi connectivity index (χ3v) is 5.44. The van der Waals surface area contributed by atoms with Crippen molar-refractivity contribution in [3.05, 3.63) is 59.8 Å². The monoisotopic (exact) mass is 403 g/mol. The Morgan fingerprint density at radius 1 is 1.29 bits per heavy atom. The van der Waals surface area contributed by atoms with Crippen molar-refractivity contribution in [3.8, 4) is 0 Å². The predicted octanol–water partition coefficient (Wildman–Crippen LogP) is 0.775. The first kappa shape index (κ1) is 19.8. The van der Waals surface area contributed by atoms with Crippen LogP contribution in [0.2, 0.25) is 0 Å². The van der Waals surface area contributed by atoms with Gasteiger partial charge in [-0.25, -0.2) is 13.2 Å². The number of benzene rings is 1. The molecule has 9 heteroatoms. The van der Waals surface area contributed by atoms with Gasteiger partial charge in [-0.1, -0.05) is 30.3 Å². The minimum Gasteiger partial charge on any atom is -0.449 e. The number of fused-ring (bicyclic) bond motifs is 1. The van der Waals surface area contributed by atoms with Crippen molar-refractivity contribution in [1.29, 1.82) is 0 Å². The molecule has 1 aromatic rings. The van der Waals surface area contributed by atoms with Crippen LogP contribution in [0, 0.1) is 0 Å². The molecule has 148 valence electrons. The van der Waals surface area contributed by atoms with E-state index in [2.05, 4.69) is 9.71 Å².